The fourth-order valence-electron chi connectivity index (χ4n) is 3.24. The summed E-state index contributed by atoms with van der Waals surface area (Å²) in [5, 5.41) is 10.5. The van der Waals surface area contributed by atoms with Gasteiger partial charge in [-0.2, -0.15) is 0 Å². The van der Waals surface area contributed by atoms with Gasteiger partial charge < -0.3 is 14.4 Å². The van der Waals surface area contributed by atoms with Gasteiger partial charge in [-0.1, -0.05) is 84.0 Å². The fourth-order valence-corrected chi connectivity index (χ4v) is 3.24. The molecule has 0 saturated heterocycles. The lowest BCUT2D eigenvalue weighted by molar-refractivity contribution is -0.890. The van der Waals surface area contributed by atoms with Gasteiger partial charge in [-0.15, -0.1) is 0 Å². The summed E-state index contributed by atoms with van der Waals surface area (Å²) >= 11 is 0. The molecule has 144 valence electrons. The number of carbonyl (C=O) groups excluding carboxylic acids is 1. The van der Waals surface area contributed by atoms with Crippen LogP contribution in [0.1, 0.15) is 103 Å². The van der Waals surface area contributed by atoms with Gasteiger partial charge in [0.1, 0.15) is 0 Å². The first-order valence-electron chi connectivity index (χ1n) is 10.5. The molecule has 0 saturated carbocycles. The number of aliphatic carboxylic acids is 1. The molecular weight excluding hydrogens is 298 g/mol. The second kappa shape index (κ2) is 15.9. The van der Waals surface area contributed by atoms with Gasteiger partial charge in [0, 0.05) is 12.4 Å². The number of quaternary nitrogens is 1. The van der Waals surface area contributed by atoms with Crippen LogP contribution in [0.2, 0.25) is 0 Å². The van der Waals surface area contributed by atoms with Crippen molar-refractivity contribution >= 4 is 5.97 Å². The predicted octanol–water partition coefficient (Wildman–Crippen LogP) is 4.68. The van der Waals surface area contributed by atoms with Crippen molar-refractivity contribution in [2.75, 3.05) is 27.2 Å². The van der Waals surface area contributed by atoms with Crippen molar-refractivity contribution in [3.05, 3.63) is 0 Å². The number of carboxylic acids is 1. The fraction of sp³-hybridized carbons (Fsp3) is 0.952. The van der Waals surface area contributed by atoms with E-state index in [1.54, 1.807) is 0 Å². The Bertz CT molecular complexity index is 290. The summed E-state index contributed by atoms with van der Waals surface area (Å²) in [4.78, 5) is 10.5. The Kier molecular flexibility index (Phi) is 15.6. The summed E-state index contributed by atoms with van der Waals surface area (Å²) in [5.41, 5.74) is 0. The van der Waals surface area contributed by atoms with Gasteiger partial charge in [0.15, 0.2) is 0 Å². The maximum Gasteiger partial charge on any atom is 0.0835 e. The molecular formula is C21H43NO2. The second-order valence-corrected chi connectivity index (χ2v) is 8.10. The minimum atomic E-state index is -0.929. The number of carboxylic acid groups (broad SMARTS) is 1. The lowest BCUT2D eigenvalue weighted by Crippen LogP contribution is -2.43. The summed E-state index contributed by atoms with van der Waals surface area (Å²) in [7, 11) is 4.23. The Hall–Kier alpha value is -0.570. The van der Waals surface area contributed by atoms with Gasteiger partial charge in [0.05, 0.1) is 27.2 Å². The van der Waals surface area contributed by atoms with Crippen LogP contribution in [0.25, 0.3) is 0 Å². The first-order valence-corrected chi connectivity index (χ1v) is 10.5. The third-order valence-electron chi connectivity index (χ3n) is 5.04. The highest BCUT2D eigenvalue weighted by molar-refractivity contribution is 5.64. The van der Waals surface area contributed by atoms with E-state index in [1.807, 2.05) is 0 Å². The third-order valence-corrected chi connectivity index (χ3v) is 5.04. The summed E-state index contributed by atoms with van der Waals surface area (Å²) in [6.45, 7) is 4.03. The summed E-state index contributed by atoms with van der Waals surface area (Å²) in [6, 6.07) is 0. The summed E-state index contributed by atoms with van der Waals surface area (Å²) in [5.74, 6) is -0.929. The Labute approximate surface area is 151 Å². The first kappa shape index (κ1) is 23.4. The maximum atomic E-state index is 10.5. The van der Waals surface area contributed by atoms with Crippen molar-refractivity contribution in [1.82, 2.24) is 0 Å². The number of rotatable bonds is 18. The van der Waals surface area contributed by atoms with Crippen molar-refractivity contribution in [2.24, 2.45) is 0 Å². The summed E-state index contributed by atoms with van der Waals surface area (Å²) in [6.07, 6.45) is 19.5. The Morgan fingerprint density at radius 3 is 1.42 bits per heavy atom. The van der Waals surface area contributed by atoms with E-state index in [0.29, 0.717) is 6.54 Å². The van der Waals surface area contributed by atoms with E-state index in [9.17, 15) is 9.90 Å². The number of hydrogen-bond acceptors (Lipinski definition) is 2. The number of unbranched alkanes of at least 4 members (excludes halogenated alkanes) is 13. The molecule has 0 spiro atoms. The Balaban J connectivity index is 3.23. The van der Waals surface area contributed by atoms with E-state index in [1.165, 1.54) is 89.9 Å². The van der Waals surface area contributed by atoms with Gasteiger partial charge in [-0.3, -0.25) is 0 Å². The van der Waals surface area contributed by atoms with Crippen LogP contribution in [-0.2, 0) is 4.79 Å². The van der Waals surface area contributed by atoms with Gasteiger partial charge in [-0.25, -0.2) is 0 Å². The molecule has 0 radical (unpaired) electrons. The molecule has 0 heterocycles. The lowest BCUT2D eigenvalue weighted by Gasteiger charge is -2.30. The van der Waals surface area contributed by atoms with Crippen molar-refractivity contribution in [1.29, 1.82) is 0 Å². The van der Waals surface area contributed by atoms with E-state index < -0.39 is 5.97 Å². The average molecular weight is 342 g/mol. The molecule has 0 rings (SSSR count). The van der Waals surface area contributed by atoms with Gasteiger partial charge in [0.25, 0.3) is 0 Å². The lowest BCUT2D eigenvalue weighted by atomic mass is 10.0. The van der Waals surface area contributed by atoms with E-state index >= 15 is 0 Å². The van der Waals surface area contributed by atoms with Crippen LogP contribution in [0.4, 0.5) is 0 Å². The van der Waals surface area contributed by atoms with E-state index in [-0.39, 0.29) is 6.42 Å². The molecule has 0 aliphatic carbocycles. The first-order chi connectivity index (χ1) is 11.5. The molecule has 0 N–H and O–H groups in total. The zero-order valence-electron chi connectivity index (χ0n) is 16.8. The number of hydrogen-bond donors (Lipinski definition) is 0. The number of nitrogens with zero attached hydrogens (tertiary/aromatic N) is 1. The molecule has 0 aromatic carbocycles. The quantitative estimate of drug-likeness (QED) is 0.268. The zero-order chi connectivity index (χ0) is 18.1. The molecule has 0 aliphatic rings. The monoisotopic (exact) mass is 341 g/mol. The van der Waals surface area contributed by atoms with Crippen molar-refractivity contribution in [3.63, 3.8) is 0 Å². The van der Waals surface area contributed by atoms with E-state index in [2.05, 4.69) is 21.0 Å². The smallest absolute Gasteiger partial charge is 0.0835 e. The Morgan fingerprint density at radius 2 is 1.04 bits per heavy atom. The highest BCUT2D eigenvalue weighted by atomic mass is 16.4. The zero-order valence-corrected chi connectivity index (χ0v) is 16.8. The molecule has 0 unspecified atom stereocenters. The topological polar surface area (TPSA) is 40.1 Å². The molecule has 3 nitrogen and oxygen atoms in total. The van der Waals surface area contributed by atoms with Crippen LogP contribution in [0, 0.1) is 0 Å². The molecule has 0 aliphatic heterocycles. The van der Waals surface area contributed by atoms with Gasteiger partial charge in [0.2, 0.25) is 0 Å². The predicted molar refractivity (Wildman–Crippen MR) is 102 cm³/mol. The van der Waals surface area contributed by atoms with Crippen LogP contribution in [0.15, 0.2) is 0 Å². The summed E-state index contributed by atoms with van der Waals surface area (Å²) < 4.78 is 0.798. The minimum Gasteiger partial charge on any atom is -0.550 e. The van der Waals surface area contributed by atoms with Gasteiger partial charge >= 0.3 is 0 Å². The van der Waals surface area contributed by atoms with E-state index in [0.717, 1.165) is 11.0 Å². The SMILES string of the molecule is CCCCCCCCCCCCCCCC[N+](C)(C)CCC(=O)[O-]. The molecule has 0 amide bonds. The normalized spacial score (nSPS) is 11.8. The Morgan fingerprint density at radius 1 is 0.667 bits per heavy atom. The molecule has 24 heavy (non-hydrogen) atoms. The molecule has 0 fully saturated rings. The standard InChI is InChI=1S/C21H43NO2/c1-4-5-6-7-8-9-10-11-12-13-14-15-16-17-19-22(2,3)20-18-21(23)24/h4-20H2,1-3H3. The largest absolute Gasteiger partial charge is 0.550 e. The molecule has 0 atom stereocenters. The van der Waals surface area contributed by atoms with Crippen LogP contribution in [-0.4, -0.2) is 37.6 Å². The van der Waals surface area contributed by atoms with Crippen LogP contribution in [0.5, 0.6) is 0 Å². The van der Waals surface area contributed by atoms with Crippen LogP contribution >= 0.6 is 0 Å². The van der Waals surface area contributed by atoms with Crippen molar-refractivity contribution in [3.8, 4) is 0 Å². The maximum absolute atomic E-state index is 10.5. The van der Waals surface area contributed by atoms with Crippen LogP contribution < -0.4 is 5.11 Å². The molecule has 0 bridgehead atoms. The third kappa shape index (κ3) is 17.8. The minimum absolute atomic E-state index is 0.172. The molecule has 3 heteroatoms. The molecule has 0 aromatic rings. The second-order valence-electron chi connectivity index (χ2n) is 8.10. The van der Waals surface area contributed by atoms with Gasteiger partial charge in [-0.05, 0) is 12.8 Å². The molecule has 0 aromatic heterocycles. The van der Waals surface area contributed by atoms with Crippen LogP contribution in [0.3, 0.4) is 0 Å². The highest BCUT2D eigenvalue weighted by Crippen LogP contribution is 2.13. The van der Waals surface area contributed by atoms with E-state index in [4.69, 9.17) is 0 Å². The highest BCUT2D eigenvalue weighted by Gasteiger charge is 2.13. The van der Waals surface area contributed by atoms with Crippen molar-refractivity contribution in [2.45, 2.75) is 103 Å². The number of carbonyl (C=O) groups is 1. The van der Waals surface area contributed by atoms with Crippen molar-refractivity contribution < 1.29 is 14.4 Å². The average Bonchev–Trinajstić information content (AvgIpc) is 2.53.